The minimum Gasteiger partial charge on any atom is -0.389 e. The summed E-state index contributed by atoms with van der Waals surface area (Å²) in [6.45, 7) is 2.15. The van der Waals surface area contributed by atoms with Crippen LogP contribution in [-0.4, -0.2) is 32.0 Å². The van der Waals surface area contributed by atoms with Gasteiger partial charge in [-0.05, 0) is 19.9 Å². The lowest BCUT2D eigenvalue weighted by Gasteiger charge is -2.25. The molecule has 2 rings (SSSR count). The number of rotatable bonds is 6. The Morgan fingerprint density at radius 3 is 2.46 bits per heavy atom. The molecule has 0 aliphatic rings. The second-order valence-electron chi connectivity index (χ2n) is 5.33. The third-order valence-electron chi connectivity index (χ3n) is 3.56. The largest absolute Gasteiger partial charge is 0.390 e. The van der Waals surface area contributed by atoms with Crippen molar-refractivity contribution in [1.29, 1.82) is 0 Å². The predicted molar refractivity (Wildman–Crippen MR) is 89.9 cm³/mol. The Hall–Kier alpha value is -1.32. The van der Waals surface area contributed by atoms with E-state index in [1.165, 1.54) is 13.8 Å². The number of thiophene rings is 1. The van der Waals surface area contributed by atoms with E-state index in [1.807, 2.05) is 0 Å². The number of fused-ring (bicyclic) bond motifs is 1. The van der Waals surface area contributed by atoms with E-state index in [4.69, 9.17) is 0 Å². The molecule has 0 aliphatic carbocycles. The van der Waals surface area contributed by atoms with Crippen LogP contribution in [0.25, 0.3) is 10.1 Å². The standard InChI is InChI=1S/C15H18F3NO3S2/c1-3-24(21,22)19(9-8-15(16,17)18)14-13(10(2)20)11-6-4-5-7-12(11)23-14/h4-7,10,20H,3,8-9H2,1-2H3. The summed E-state index contributed by atoms with van der Waals surface area (Å²) in [5.74, 6) is -0.321. The number of halogens is 3. The molecule has 0 aliphatic heterocycles. The number of aliphatic hydroxyl groups excluding tert-OH is 1. The molecular weight excluding hydrogens is 363 g/mol. The van der Waals surface area contributed by atoms with Crippen molar-refractivity contribution in [2.45, 2.75) is 32.5 Å². The molecule has 2 aromatic rings. The molecule has 4 nitrogen and oxygen atoms in total. The molecule has 0 bridgehead atoms. The van der Waals surface area contributed by atoms with Crippen molar-refractivity contribution in [3.8, 4) is 0 Å². The lowest BCUT2D eigenvalue weighted by atomic mass is 10.1. The van der Waals surface area contributed by atoms with E-state index < -0.39 is 35.3 Å². The molecule has 0 amide bonds. The number of hydrogen-bond acceptors (Lipinski definition) is 4. The van der Waals surface area contributed by atoms with Crippen LogP contribution in [0.3, 0.4) is 0 Å². The first kappa shape index (κ1) is 19.0. The first-order valence-corrected chi connectivity index (χ1v) is 9.76. The summed E-state index contributed by atoms with van der Waals surface area (Å²) < 4.78 is 64.1. The summed E-state index contributed by atoms with van der Waals surface area (Å²) in [4.78, 5) is 0. The van der Waals surface area contributed by atoms with Crippen molar-refractivity contribution in [2.24, 2.45) is 0 Å². The second-order valence-corrected chi connectivity index (χ2v) is 8.54. The fourth-order valence-electron chi connectivity index (χ4n) is 2.39. The van der Waals surface area contributed by atoms with Crippen LogP contribution < -0.4 is 4.31 Å². The fraction of sp³-hybridized carbons (Fsp3) is 0.467. The zero-order valence-corrected chi connectivity index (χ0v) is 14.8. The van der Waals surface area contributed by atoms with Crippen LogP contribution in [0, 0.1) is 0 Å². The van der Waals surface area contributed by atoms with Crippen LogP contribution in [0.1, 0.15) is 31.9 Å². The Kier molecular flexibility index (Phi) is 5.46. The summed E-state index contributed by atoms with van der Waals surface area (Å²) in [5, 5.41) is 10.9. The molecule has 1 atom stereocenters. The van der Waals surface area contributed by atoms with Crippen LogP contribution >= 0.6 is 11.3 Å². The average Bonchev–Trinajstić information content (AvgIpc) is 2.84. The summed E-state index contributed by atoms with van der Waals surface area (Å²) in [5.41, 5.74) is 0.342. The molecular formula is C15H18F3NO3S2. The SMILES string of the molecule is CCS(=O)(=O)N(CCC(F)(F)F)c1sc2ccccc2c1C(C)O. The quantitative estimate of drug-likeness (QED) is 0.821. The zero-order valence-electron chi connectivity index (χ0n) is 13.2. The minimum absolute atomic E-state index is 0.150. The molecule has 0 radical (unpaired) electrons. The normalized spacial score (nSPS) is 14.1. The molecule has 1 aromatic carbocycles. The number of aliphatic hydroxyl groups is 1. The Balaban J connectivity index is 2.61. The van der Waals surface area contributed by atoms with Gasteiger partial charge >= 0.3 is 6.18 Å². The molecule has 0 saturated heterocycles. The third-order valence-corrected chi connectivity index (χ3v) is 6.65. The Labute approximate surface area is 142 Å². The van der Waals surface area contributed by atoms with Crippen molar-refractivity contribution in [1.82, 2.24) is 0 Å². The van der Waals surface area contributed by atoms with E-state index in [9.17, 15) is 26.7 Å². The molecule has 1 N–H and O–H groups in total. The van der Waals surface area contributed by atoms with Crippen LogP contribution in [0.15, 0.2) is 24.3 Å². The van der Waals surface area contributed by atoms with E-state index in [1.54, 1.807) is 24.3 Å². The van der Waals surface area contributed by atoms with Crippen molar-refractivity contribution in [3.63, 3.8) is 0 Å². The average molecular weight is 381 g/mol. The van der Waals surface area contributed by atoms with Gasteiger partial charge in [-0.15, -0.1) is 11.3 Å². The molecule has 24 heavy (non-hydrogen) atoms. The molecule has 1 unspecified atom stereocenters. The highest BCUT2D eigenvalue weighted by Crippen LogP contribution is 2.43. The molecule has 0 saturated carbocycles. The van der Waals surface area contributed by atoms with Gasteiger partial charge in [-0.25, -0.2) is 8.42 Å². The fourth-order valence-corrected chi connectivity index (χ4v) is 5.10. The monoisotopic (exact) mass is 381 g/mol. The number of sulfonamides is 1. The van der Waals surface area contributed by atoms with Crippen LogP contribution in [0.2, 0.25) is 0 Å². The summed E-state index contributed by atoms with van der Waals surface area (Å²) >= 11 is 1.07. The molecule has 0 spiro atoms. The molecule has 134 valence electrons. The van der Waals surface area contributed by atoms with Gasteiger partial charge in [0, 0.05) is 22.2 Å². The smallest absolute Gasteiger partial charge is 0.389 e. The van der Waals surface area contributed by atoms with E-state index in [-0.39, 0.29) is 10.8 Å². The molecule has 9 heteroatoms. The number of benzene rings is 1. The van der Waals surface area contributed by atoms with Gasteiger partial charge < -0.3 is 5.11 Å². The zero-order chi connectivity index (χ0) is 18.1. The van der Waals surface area contributed by atoms with E-state index in [2.05, 4.69) is 0 Å². The Morgan fingerprint density at radius 1 is 1.29 bits per heavy atom. The lowest BCUT2D eigenvalue weighted by Crippen LogP contribution is -2.35. The van der Waals surface area contributed by atoms with Gasteiger partial charge in [0.25, 0.3) is 0 Å². The number of nitrogens with zero attached hydrogens (tertiary/aromatic N) is 1. The van der Waals surface area contributed by atoms with Crippen molar-refractivity contribution < 1.29 is 26.7 Å². The molecule has 1 heterocycles. The van der Waals surface area contributed by atoms with Gasteiger partial charge in [0.1, 0.15) is 5.00 Å². The van der Waals surface area contributed by atoms with Gasteiger partial charge in [0.2, 0.25) is 10.0 Å². The predicted octanol–water partition coefficient (Wildman–Crippen LogP) is 4.06. The Bertz CT molecular complexity index is 813. The van der Waals surface area contributed by atoms with Crippen LogP contribution in [0.4, 0.5) is 18.2 Å². The number of alkyl halides is 3. The van der Waals surface area contributed by atoms with E-state index in [0.29, 0.717) is 15.6 Å². The number of hydrogen-bond donors (Lipinski definition) is 1. The summed E-state index contributed by atoms with van der Waals surface area (Å²) in [6, 6.07) is 6.95. The highest BCUT2D eigenvalue weighted by molar-refractivity contribution is 7.93. The van der Waals surface area contributed by atoms with Crippen LogP contribution in [-0.2, 0) is 10.0 Å². The summed E-state index contributed by atoms with van der Waals surface area (Å²) in [7, 11) is -3.91. The Morgan fingerprint density at radius 2 is 1.92 bits per heavy atom. The van der Waals surface area contributed by atoms with Crippen molar-refractivity contribution in [2.75, 3.05) is 16.6 Å². The number of anilines is 1. The topological polar surface area (TPSA) is 57.6 Å². The van der Waals surface area contributed by atoms with Gasteiger partial charge in [-0.2, -0.15) is 13.2 Å². The molecule has 0 fully saturated rings. The maximum absolute atomic E-state index is 12.6. The first-order chi connectivity index (χ1) is 11.1. The van der Waals surface area contributed by atoms with Gasteiger partial charge in [-0.3, -0.25) is 4.31 Å². The molecule has 1 aromatic heterocycles. The highest BCUT2D eigenvalue weighted by Gasteiger charge is 2.33. The highest BCUT2D eigenvalue weighted by atomic mass is 32.2. The maximum Gasteiger partial charge on any atom is 0.390 e. The second kappa shape index (κ2) is 6.89. The van der Waals surface area contributed by atoms with E-state index in [0.717, 1.165) is 15.6 Å². The lowest BCUT2D eigenvalue weighted by molar-refractivity contribution is -0.131. The van der Waals surface area contributed by atoms with Gasteiger partial charge in [0.05, 0.1) is 18.3 Å². The van der Waals surface area contributed by atoms with Gasteiger partial charge in [-0.1, -0.05) is 18.2 Å². The minimum atomic E-state index is -4.47. The summed E-state index contributed by atoms with van der Waals surface area (Å²) in [6.07, 6.45) is -6.72. The van der Waals surface area contributed by atoms with Crippen LogP contribution in [0.5, 0.6) is 0 Å². The van der Waals surface area contributed by atoms with Crippen molar-refractivity contribution >= 4 is 36.4 Å². The van der Waals surface area contributed by atoms with Crippen molar-refractivity contribution in [3.05, 3.63) is 29.8 Å². The maximum atomic E-state index is 12.6. The van der Waals surface area contributed by atoms with E-state index >= 15 is 0 Å². The third kappa shape index (κ3) is 4.01. The first-order valence-electron chi connectivity index (χ1n) is 7.33. The van der Waals surface area contributed by atoms with Gasteiger partial charge in [0.15, 0.2) is 0 Å².